The van der Waals surface area contributed by atoms with E-state index < -0.39 is 0 Å². The monoisotopic (exact) mass is 293 g/mol. The molecule has 1 aromatic heterocycles. The molecule has 0 bridgehead atoms. The number of hydrogen-bond acceptors (Lipinski definition) is 6. The Labute approximate surface area is 127 Å². The molecule has 0 aromatic carbocycles. The van der Waals surface area contributed by atoms with Gasteiger partial charge in [-0.15, -0.1) is 0 Å². The second-order valence-corrected chi connectivity index (χ2v) is 5.74. The van der Waals surface area contributed by atoms with Gasteiger partial charge in [0, 0.05) is 13.1 Å². The number of aromatic nitrogens is 2. The molecule has 1 saturated heterocycles. The molecule has 1 aliphatic rings. The molecule has 0 aliphatic carbocycles. The van der Waals surface area contributed by atoms with Crippen LogP contribution in [0.1, 0.15) is 33.1 Å². The molecule has 0 radical (unpaired) electrons. The van der Waals surface area contributed by atoms with Crippen LogP contribution < -0.4 is 15.8 Å². The van der Waals surface area contributed by atoms with E-state index in [4.69, 9.17) is 10.5 Å². The van der Waals surface area contributed by atoms with E-state index in [-0.39, 0.29) is 0 Å². The van der Waals surface area contributed by atoms with Gasteiger partial charge in [-0.25, -0.2) is 4.98 Å². The second-order valence-electron chi connectivity index (χ2n) is 5.74. The Morgan fingerprint density at radius 2 is 2.14 bits per heavy atom. The van der Waals surface area contributed by atoms with Gasteiger partial charge in [0.2, 0.25) is 5.88 Å². The average Bonchev–Trinajstić information content (AvgIpc) is 2.50. The minimum Gasteiger partial charge on any atom is -0.476 e. The Bertz CT molecular complexity index is 432. The first-order valence-corrected chi connectivity index (χ1v) is 7.90. The van der Waals surface area contributed by atoms with Gasteiger partial charge in [-0.05, 0) is 38.3 Å². The van der Waals surface area contributed by atoms with E-state index in [1.807, 2.05) is 0 Å². The van der Waals surface area contributed by atoms with E-state index in [0.29, 0.717) is 24.0 Å². The Hall–Kier alpha value is -1.56. The van der Waals surface area contributed by atoms with Crippen molar-refractivity contribution in [1.82, 2.24) is 14.9 Å². The maximum absolute atomic E-state index is 6.04. The third-order valence-electron chi connectivity index (χ3n) is 3.89. The fraction of sp³-hybridized carbons (Fsp3) is 0.733. The Morgan fingerprint density at radius 1 is 1.38 bits per heavy atom. The van der Waals surface area contributed by atoms with Crippen molar-refractivity contribution in [2.75, 3.05) is 43.8 Å². The minimum absolute atomic E-state index is 0.473. The number of ether oxygens (including phenoxy) is 1. The molecule has 1 aliphatic heterocycles. The summed E-state index contributed by atoms with van der Waals surface area (Å²) >= 11 is 0. The predicted octanol–water partition coefficient (Wildman–Crippen LogP) is 1.99. The summed E-state index contributed by atoms with van der Waals surface area (Å²) in [6.07, 6.45) is 5.02. The lowest BCUT2D eigenvalue weighted by Crippen LogP contribution is -2.36. The summed E-state index contributed by atoms with van der Waals surface area (Å²) in [5.41, 5.74) is 6.53. The summed E-state index contributed by atoms with van der Waals surface area (Å²) in [5.74, 6) is 2.01. The zero-order valence-electron chi connectivity index (χ0n) is 13.1. The average molecular weight is 293 g/mol. The number of anilines is 2. The number of nitrogen functional groups attached to an aromatic ring is 1. The van der Waals surface area contributed by atoms with Gasteiger partial charge >= 0.3 is 0 Å². The van der Waals surface area contributed by atoms with E-state index in [0.717, 1.165) is 25.4 Å². The molecule has 6 heteroatoms. The highest BCUT2D eigenvalue weighted by atomic mass is 16.5. The number of nitrogens with one attached hydrogen (secondary N) is 1. The van der Waals surface area contributed by atoms with Crippen molar-refractivity contribution in [3.8, 4) is 5.88 Å². The lowest BCUT2D eigenvalue weighted by Gasteiger charge is -2.30. The molecular weight excluding hydrogens is 266 g/mol. The van der Waals surface area contributed by atoms with E-state index >= 15 is 0 Å². The highest BCUT2D eigenvalue weighted by Gasteiger charge is 2.15. The van der Waals surface area contributed by atoms with Crippen molar-refractivity contribution in [3.63, 3.8) is 0 Å². The zero-order chi connectivity index (χ0) is 15.1. The van der Waals surface area contributed by atoms with Crippen molar-refractivity contribution in [2.24, 2.45) is 5.92 Å². The van der Waals surface area contributed by atoms with Gasteiger partial charge in [-0.2, -0.15) is 4.98 Å². The van der Waals surface area contributed by atoms with Crippen LogP contribution >= 0.6 is 0 Å². The first-order valence-electron chi connectivity index (χ1n) is 7.90. The highest BCUT2D eigenvalue weighted by Crippen LogP contribution is 2.24. The molecule has 0 saturated carbocycles. The van der Waals surface area contributed by atoms with Crippen LogP contribution in [0, 0.1) is 5.92 Å². The van der Waals surface area contributed by atoms with Crippen LogP contribution in [0.4, 0.5) is 11.5 Å². The SMILES string of the molecule is CCCOc1ncnc(NCCN2CCC(C)CC2)c1N. The van der Waals surface area contributed by atoms with Gasteiger partial charge < -0.3 is 20.7 Å². The van der Waals surface area contributed by atoms with E-state index in [1.54, 1.807) is 0 Å². The fourth-order valence-corrected chi connectivity index (χ4v) is 2.45. The molecule has 2 heterocycles. The number of nitrogens with zero attached hydrogens (tertiary/aromatic N) is 3. The number of hydrogen-bond donors (Lipinski definition) is 2. The number of nitrogens with two attached hydrogens (primary N) is 1. The van der Waals surface area contributed by atoms with Crippen molar-refractivity contribution >= 4 is 11.5 Å². The van der Waals surface area contributed by atoms with E-state index in [2.05, 4.69) is 34.0 Å². The first kappa shape index (κ1) is 15.8. The van der Waals surface area contributed by atoms with E-state index in [9.17, 15) is 0 Å². The third-order valence-corrected chi connectivity index (χ3v) is 3.89. The van der Waals surface area contributed by atoms with Crippen LogP contribution in [0.3, 0.4) is 0 Å². The molecule has 21 heavy (non-hydrogen) atoms. The lowest BCUT2D eigenvalue weighted by atomic mass is 9.99. The lowest BCUT2D eigenvalue weighted by molar-refractivity contribution is 0.199. The molecular formula is C15H27N5O. The molecule has 3 N–H and O–H groups in total. The molecule has 6 nitrogen and oxygen atoms in total. The van der Waals surface area contributed by atoms with Crippen LogP contribution in [0.25, 0.3) is 0 Å². The third kappa shape index (κ3) is 4.74. The number of likely N-dealkylation sites (tertiary alicyclic amines) is 1. The summed E-state index contributed by atoms with van der Waals surface area (Å²) in [5, 5.41) is 3.29. The smallest absolute Gasteiger partial charge is 0.242 e. The zero-order valence-corrected chi connectivity index (χ0v) is 13.1. The summed E-state index contributed by atoms with van der Waals surface area (Å²) in [7, 11) is 0. The second kappa shape index (κ2) is 8.02. The van der Waals surface area contributed by atoms with Crippen molar-refractivity contribution < 1.29 is 4.74 Å². The minimum atomic E-state index is 0.473. The standard InChI is InChI=1S/C15H27N5O/c1-3-10-21-15-13(16)14(18-11-19-15)17-6-9-20-7-4-12(2)5-8-20/h11-12H,3-10,16H2,1-2H3,(H,17,18,19). The summed E-state index contributed by atoms with van der Waals surface area (Å²) in [4.78, 5) is 10.8. The van der Waals surface area contributed by atoms with Crippen molar-refractivity contribution in [3.05, 3.63) is 6.33 Å². The normalized spacial score (nSPS) is 16.9. The molecule has 2 rings (SSSR count). The molecule has 1 aromatic rings. The summed E-state index contributed by atoms with van der Waals surface area (Å²) in [6, 6.07) is 0. The molecule has 0 atom stereocenters. The summed E-state index contributed by atoms with van der Waals surface area (Å²) < 4.78 is 5.51. The van der Waals surface area contributed by atoms with E-state index in [1.165, 1.54) is 32.3 Å². The van der Waals surface area contributed by atoms with Crippen LogP contribution in [0.5, 0.6) is 5.88 Å². The Balaban J connectivity index is 1.80. The first-order chi connectivity index (χ1) is 10.2. The molecule has 0 unspecified atom stereocenters. The van der Waals surface area contributed by atoms with Gasteiger partial charge in [0.25, 0.3) is 0 Å². The molecule has 0 spiro atoms. The topological polar surface area (TPSA) is 76.3 Å². The molecule has 0 amide bonds. The van der Waals surface area contributed by atoms with Crippen LogP contribution in [0.15, 0.2) is 6.33 Å². The maximum Gasteiger partial charge on any atom is 0.242 e. The van der Waals surface area contributed by atoms with Gasteiger partial charge in [-0.3, -0.25) is 0 Å². The molecule has 1 fully saturated rings. The number of rotatable bonds is 7. The fourth-order valence-electron chi connectivity index (χ4n) is 2.45. The largest absolute Gasteiger partial charge is 0.476 e. The molecule has 118 valence electrons. The maximum atomic E-state index is 6.04. The van der Waals surface area contributed by atoms with Crippen LogP contribution in [-0.4, -0.2) is 47.7 Å². The van der Waals surface area contributed by atoms with Gasteiger partial charge in [-0.1, -0.05) is 13.8 Å². The number of piperidine rings is 1. The van der Waals surface area contributed by atoms with Gasteiger partial charge in [0.1, 0.15) is 12.0 Å². The van der Waals surface area contributed by atoms with Gasteiger partial charge in [0.15, 0.2) is 5.82 Å². The van der Waals surface area contributed by atoms with Crippen LogP contribution in [-0.2, 0) is 0 Å². The van der Waals surface area contributed by atoms with Gasteiger partial charge in [0.05, 0.1) is 6.61 Å². The highest BCUT2D eigenvalue weighted by molar-refractivity contribution is 5.66. The van der Waals surface area contributed by atoms with Crippen molar-refractivity contribution in [1.29, 1.82) is 0 Å². The summed E-state index contributed by atoms with van der Waals surface area (Å²) in [6.45, 7) is 9.22. The predicted molar refractivity (Wildman–Crippen MR) is 85.6 cm³/mol. The Morgan fingerprint density at radius 3 is 2.86 bits per heavy atom. The van der Waals surface area contributed by atoms with Crippen LogP contribution in [0.2, 0.25) is 0 Å². The Kier molecular flexibility index (Phi) is 6.04. The van der Waals surface area contributed by atoms with Crippen molar-refractivity contribution in [2.45, 2.75) is 33.1 Å². The quantitative estimate of drug-likeness (QED) is 0.800.